The van der Waals surface area contributed by atoms with Gasteiger partial charge in [0.05, 0.1) is 6.10 Å². The van der Waals surface area contributed by atoms with Gasteiger partial charge in [-0.3, -0.25) is 0 Å². The van der Waals surface area contributed by atoms with Crippen molar-refractivity contribution in [1.29, 1.82) is 0 Å². The van der Waals surface area contributed by atoms with Crippen LogP contribution in [-0.2, 0) is 0 Å². The minimum atomic E-state index is -0.801. The average Bonchev–Trinajstić information content (AvgIpc) is 2.12. The minimum Gasteiger partial charge on any atom is -0.504 e. The Kier molecular flexibility index (Phi) is 2.75. The summed E-state index contributed by atoms with van der Waals surface area (Å²) in [4.78, 5) is 0. The predicted molar refractivity (Wildman–Crippen MR) is 48.5 cm³/mol. The summed E-state index contributed by atoms with van der Waals surface area (Å²) in [6.07, 6.45) is -0.801. The van der Waals surface area contributed by atoms with Crippen molar-refractivity contribution in [2.45, 2.75) is 13.0 Å². The second kappa shape index (κ2) is 3.64. The second-order valence-corrected chi connectivity index (χ2v) is 2.96. The lowest BCUT2D eigenvalue weighted by Crippen LogP contribution is -2.11. The van der Waals surface area contributed by atoms with Crippen LogP contribution in [0, 0.1) is 6.92 Å². The van der Waals surface area contributed by atoms with Gasteiger partial charge in [0.15, 0.2) is 11.5 Å². The van der Waals surface area contributed by atoms with E-state index in [1.54, 1.807) is 13.0 Å². The van der Waals surface area contributed by atoms with Crippen LogP contribution in [-0.4, -0.2) is 21.9 Å². The van der Waals surface area contributed by atoms with E-state index < -0.39 is 6.10 Å². The van der Waals surface area contributed by atoms with E-state index in [2.05, 4.69) is 0 Å². The Morgan fingerprint density at radius 2 is 2.00 bits per heavy atom. The molecule has 0 spiro atoms. The molecule has 1 aromatic carbocycles. The Hall–Kier alpha value is -1.26. The van der Waals surface area contributed by atoms with Crippen LogP contribution in [0.4, 0.5) is 0 Å². The van der Waals surface area contributed by atoms with E-state index in [1.165, 1.54) is 6.07 Å². The van der Waals surface area contributed by atoms with Crippen LogP contribution in [0.3, 0.4) is 0 Å². The van der Waals surface area contributed by atoms with Crippen molar-refractivity contribution in [3.63, 3.8) is 0 Å². The first-order valence-electron chi connectivity index (χ1n) is 3.97. The zero-order valence-corrected chi connectivity index (χ0v) is 7.36. The summed E-state index contributed by atoms with van der Waals surface area (Å²) in [5.41, 5.74) is 6.27. The van der Waals surface area contributed by atoms with E-state index in [9.17, 15) is 15.3 Å². The molecule has 0 bridgehead atoms. The predicted octanol–water partition coefficient (Wildman–Crippen LogP) is 0.398. The van der Waals surface area contributed by atoms with Gasteiger partial charge < -0.3 is 21.1 Å². The van der Waals surface area contributed by atoms with Crippen LogP contribution < -0.4 is 5.73 Å². The molecule has 72 valence electrons. The maximum Gasteiger partial charge on any atom is 0.160 e. The maximum atomic E-state index is 9.35. The van der Waals surface area contributed by atoms with Crippen LogP contribution in [0.1, 0.15) is 17.2 Å². The number of phenolic OH excluding ortho intramolecular Hbond substituents is 2. The fourth-order valence-corrected chi connectivity index (χ4v) is 1.12. The van der Waals surface area contributed by atoms with Crippen LogP contribution >= 0.6 is 0 Å². The van der Waals surface area contributed by atoms with Crippen molar-refractivity contribution in [2.24, 2.45) is 5.73 Å². The number of aryl methyl sites for hydroxylation is 1. The van der Waals surface area contributed by atoms with Crippen molar-refractivity contribution in [3.05, 3.63) is 23.3 Å². The molecule has 1 aromatic rings. The summed E-state index contributed by atoms with van der Waals surface area (Å²) in [5, 5.41) is 27.8. The molecule has 0 fully saturated rings. The summed E-state index contributed by atoms with van der Waals surface area (Å²) in [6.45, 7) is 1.73. The fraction of sp³-hybridized carbons (Fsp3) is 0.333. The molecule has 0 saturated carbocycles. The molecule has 0 aromatic heterocycles. The molecular weight excluding hydrogens is 170 g/mol. The van der Waals surface area contributed by atoms with Crippen molar-refractivity contribution >= 4 is 0 Å². The maximum absolute atomic E-state index is 9.35. The third kappa shape index (κ3) is 1.91. The van der Waals surface area contributed by atoms with Gasteiger partial charge in [-0.2, -0.15) is 0 Å². The molecule has 0 aliphatic rings. The summed E-state index contributed by atoms with van der Waals surface area (Å²) in [7, 11) is 0. The Morgan fingerprint density at radius 1 is 1.38 bits per heavy atom. The molecule has 0 heterocycles. The molecular formula is C9H13NO3. The lowest BCUT2D eigenvalue weighted by atomic mass is 10.1. The van der Waals surface area contributed by atoms with Crippen LogP contribution in [0.2, 0.25) is 0 Å². The van der Waals surface area contributed by atoms with E-state index in [4.69, 9.17) is 5.73 Å². The average molecular weight is 183 g/mol. The van der Waals surface area contributed by atoms with Gasteiger partial charge in [0.1, 0.15) is 0 Å². The number of aliphatic hydroxyl groups excluding tert-OH is 1. The third-order valence-electron chi connectivity index (χ3n) is 1.91. The normalized spacial score (nSPS) is 12.8. The van der Waals surface area contributed by atoms with Gasteiger partial charge >= 0.3 is 0 Å². The highest BCUT2D eigenvalue weighted by atomic mass is 16.3. The van der Waals surface area contributed by atoms with Crippen molar-refractivity contribution in [1.82, 2.24) is 0 Å². The van der Waals surface area contributed by atoms with Gasteiger partial charge in [0.2, 0.25) is 0 Å². The highest BCUT2D eigenvalue weighted by Crippen LogP contribution is 2.31. The fourth-order valence-electron chi connectivity index (χ4n) is 1.12. The third-order valence-corrected chi connectivity index (χ3v) is 1.91. The zero-order chi connectivity index (χ0) is 10.0. The van der Waals surface area contributed by atoms with Gasteiger partial charge in [-0.15, -0.1) is 0 Å². The van der Waals surface area contributed by atoms with Crippen LogP contribution in [0.25, 0.3) is 0 Å². The monoisotopic (exact) mass is 183 g/mol. The largest absolute Gasteiger partial charge is 0.504 e. The Labute approximate surface area is 76.2 Å². The number of phenols is 2. The lowest BCUT2D eigenvalue weighted by Gasteiger charge is -2.10. The minimum absolute atomic E-state index is 0.0870. The Morgan fingerprint density at radius 3 is 2.46 bits per heavy atom. The molecule has 4 nitrogen and oxygen atoms in total. The molecule has 4 heteroatoms. The van der Waals surface area contributed by atoms with E-state index in [0.717, 1.165) is 0 Å². The molecule has 0 aliphatic carbocycles. The van der Waals surface area contributed by atoms with E-state index in [1.807, 2.05) is 0 Å². The summed E-state index contributed by atoms with van der Waals surface area (Å²) in [6, 6.07) is 2.90. The summed E-state index contributed by atoms with van der Waals surface area (Å²) >= 11 is 0. The zero-order valence-electron chi connectivity index (χ0n) is 7.36. The van der Waals surface area contributed by atoms with Gasteiger partial charge in [0, 0.05) is 6.54 Å². The Bertz CT molecular complexity index is 289. The van der Waals surface area contributed by atoms with E-state index in [-0.39, 0.29) is 18.0 Å². The standard InChI is InChI=1S/C9H13NO3/c1-5-2-6(8(12)4-10)3-7(11)9(5)13/h2-3,8,11-13H,4,10H2,1H3/t8-/m0/s1. The lowest BCUT2D eigenvalue weighted by molar-refractivity contribution is 0.186. The van der Waals surface area contributed by atoms with Gasteiger partial charge in [-0.1, -0.05) is 0 Å². The van der Waals surface area contributed by atoms with E-state index in [0.29, 0.717) is 11.1 Å². The molecule has 13 heavy (non-hydrogen) atoms. The number of hydrogen-bond acceptors (Lipinski definition) is 4. The summed E-state index contributed by atoms with van der Waals surface area (Å²) in [5.74, 6) is -0.393. The van der Waals surface area contributed by atoms with E-state index >= 15 is 0 Å². The van der Waals surface area contributed by atoms with Crippen molar-refractivity contribution in [2.75, 3.05) is 6.54 Å². The van der Waals surface area contributed by atoms with Gasteiger partial charge in [0.25, 0.3) is 0 Å². The summed E-state index contributed by atoms with van der Waals surface area (Å²) < 4.78 is 0. The second-order valence-electron chi connectivity index (χ2n) is 2.96. The molecule has 0 amide bonds. The first-order valence-corrected chi connectivity index (χ1v) is 3.97. The van der Waals surface area contributed by atoms with Crippen molar-refractivity contribution in [3.8, 4) is 11.5 Å². The number of hydrogen-bond donors (Lipinski definition) is 4. The molecule has 0 unspecified atom stereocenters. The van der Waals surface area contributed by atoms with Gasteiger partial charge in [-0.25, -0.2) is 0 Å². The number of benzene rings is 1. The number of nitrogens with two attached hydrogens (primary N) is 1. The van der Waals surface area contributed by atoms with Gasteiger partial charge in [-0.05, 0) is 30.2 Å². The highest BCUT2D eigenvalue weighted by molar-refractivity contribution is 5.47. The molecule has 0 radical (unpaired) electrons. The number of rotatable bonds is 2. The van der Waals surface area contributed by atoms with Crippen molar-refractivity contribution < 1.29 is 15.3 Å². The Balaban J connectivity index is 3.13. The highest BCUT2D eigenvalue weighted by Gasteiger charge is 2.10. The first kappa shape index (κ1) is 9.83. The molecule has 0 aliphatic heterocycles. The first-order chi connectivity index (χ1) is 6.06. The SMILES string of the molecule is Cc1cc([C@@H](O)CN)cc(O)c1O. The topological polar surface area (TPSA) is 86.7 Å². The molecule has 5 N–H and O–H groups in total. The quantitative estimate of drug-likeness (QED) is 0.500. The number of aliphatic hydroxyl groups is 1. The smallest absolute Gasteiger partial charge is 0.160 e. The van der Waals surface area contributed by atoms with Crippen LogP contribution in [0.15, 0.2) is 12.1 Å². The molecule has 1 atom stereocenters. The molecule has 1 rings (SSSR count). The van der Waals surface area contributed by atoms with Crippen LogP contribution in [0.5, 0.6) is 11.5 Å². The molecule has 0 saturated heterocycles. The number of aromatic hydroxyl groups is 2.